The summed E-state index contributed by atoms with van der Waals surface area (Å²) in [6, 6.07) is 0. The van der Waals surface area contributed by atoms with Gasteiger partial charge in [0.2, 0.25) is 17.2 Å². The fourth-order valence-electron chi connectivity index (χ4n) is 2.48. The number of ether oxygens (including phenoxy) is 4. The summed E-state index contributed by atoms with van der Waals surface area (Å²) in [7, 11) is 0. The number of carbonyl (C=O) groups is 1. The monoisotopic (exact) mass is 398 g/mol. The Balaban J connectivity index is 3.56. The van der Waals surface area contributed by atoms with Crippen LogP contribution >= 0.6 is 0 Å². The minimum atomic E-state index is -1.31. The van der Waals surface area contributed by atoms with Crippen molar-refractivity contribution in [3.63, 3.8) is 0 Å². The third-order valence-corrected chi connectivity index (χ3v) is 4.03. The molecule has 160 valence electrons. The summed E-state index contributed by atoms with van der Waals surface area (Å²) in [4.78, 5) is 11.9. The Morgan fingerprint density at radius 1 is 0.714 bits per heavy atom. The normalized spacial score (nSPS) is 10.6. The van der Waals surface area contributed by atoms with E-state index >= 15 is 0 Å². The topological polar surface area (TPSA) is 94.5 Å². The third kappa shape index (κ3) is 6.39. The van der Waals surface area contributed by atoms with E-state index in [0.29, 0.717) is 19.8 Å². The number of hydrogen-bond acceptors (Lipinski definition) is 6. The van der Waals surface area contributed by atoms with Crippen LogP contribution in [0.15, 0.2) is 0 Å². The molecule has 0 saturated heterocycles. The second-order valence-corrected chi connectivity index (χ2v) is 6.38. The Bertz CT molecular complexity index is 614. The first-order valence-electron chi connectivity index (χ1n) is 10.2. The van der Waals surface area contributed by atoms with Gasteiger partial charge in [0.25, 0.3) is 0 Å². The number of aromatic carboxylic acids is 1. The van der Waals surface area contributed by atoms with Crippen LogP contribution in [0.3, 0.4) is 0 Å². The number of carboxylic acid groups (broad SMARTS) is 1. The summed E-state index contributed by atoms with van der Waals surface area (Å²) in [5.74, 6) is -1.48. The minimum absolute atomic E-state index is 0.00972. The average molecular weight is 398 g/mol. The van der Waals surface area contributed by atoms with Crippen LogP contribution in [0.25, 0.3) is 0 Å². The van der Waals surface area contributed by atoms with Crippen molar-refractivity contribution in [2.24, 2.45) is 0 Å². The van der Waals surface area contributed by atoms with Gasteiger partial charge in [-0.15, -0.1) is 0 Å². The molecule has 1 aromatic rings. The van der Waals surface area contributed by atoms with Crippen molar-refractivity contribution < 1.29 is 34.0 Å². The molecule has 0 fully saturated rings. The van der Waals surface area contributed by atoms with E-state index in [0.717, 1.165) is 38.5 Å². The lowest BCUT2D eigenvalue weighted by atomic mass is 10.1. The van der Waals surface area contributed by atoms with Gasteiger partial charge in [0.1, 0.15) is 0 Å². The SMILES string of the molecule is CCCCOc1c(OCC)c(O)c(C(=O)O)c(OCCCC)c1OCCCC. The Morgan fingerprint density at radius 2 is 1.14 bits per heavy atom. The van der Waals surface area contributed by atoms with E-state index in [1.165, 1.54) is 0 Å². The number of hydrogen-bond donors (Lipinski definition) is 2. The molecule has 7 nitrogen and oxygen atoms in total. The maximum atomic E-state index is 11.9. The molecule has 1 aromatic carbocycles. The molecule has 0 amide bonds. The fourth-order valence-corrected chi connectivity index (χ4v) is 2.48. The van der Waals surface area contributed by atoms with Crippen LogP contribution in [-0.2, 0) is 0 Å². The van der Waals surface area contributed by atoms with Gasteiger partial charge in [-0.2, -0.15) is 0 Å². The zero-order valence-corrected chi connectivity index (χ0v) is 17.5. The summed E-state index contributed by atoms with van der Waals surface area (Å²) in [6.45, 7) is 9.14. The number of aromatic hydroxyl groups is 1. The maximum Gasteiger partial charge on any atom is 0.343 e. The van der Waals surface area contributed by atoms with Crippen molar-refractivity contribution in [3.8, 4) is 28.7 Å². The van der Waals surface area contributed by atoms with Crippen LogP contribution in [0.4, 0.5) is 0 Å². The zero-order chi connectivity index (χ0) is 20.9. The van der Waals surface area contributed by atoms with Gasteiger partial charge in [-0.1, -0.05) is 40.0 Å². The molecule has 0 aliphatic heterocycles. The number of rotatable bonds is 15. The van der Waals surface area contributed by atoms with Gasteiger partial charge in [0.15, 0.2) is 17.1 Å². The molecular weight excluding hydrogens is 364 g/mol. The Kier molecular flexibility index (Phi) is 11.0. The van der Waals surface area contributed by atoms with Crippen molar-refractivity contribution >= 4 is 5.97 Å². The average Bonchev–Trinajstić information content (AvgIpc) is 2.66. The Morgan fingerprint density at radius 3 is 1.54 bits per heavy atom. The predicted molar refractivity (Wildman–Crippen MR) is 107 cm³/mol. The molecule has 7 heteroatoms. The lowest BCUT2D eigenvalue weighted by molar-refractivity contribution is 0.0685. The van der Waals surface area contributed by atoms with Crippen molar-refractivity contribution in [1.82, 2.24) is 0 Å². The van der Waals surface area contributed by atoms with E-state index in [1.807, 2.05) is 20.8 Å². The molecule has 0 unspecified atom stereocenters. The number of carboxylic acids is 1. The van der Waals surface area contributed by atoms with Gasteiger partial charge < -0.3 is 29.2 Å². The summed E-state index contributed by atoms with van der Waals surface area (Å²) in [6.07, 6.45) is 5.06. The van der Waals surface area contributed by atoms with E-state index in [2.05, 4.69) is 0 Å². The molecule has 0 heterocycles. The van der Waals surface area contributed by atoms with Gasteiger partial charge in [-0.3, -0.25) is 0 Å². The second kappa shape index (κ2) is 13.0. The van der Waals surface area contributed by atoms with Gasteiger partial charge in [0.05, 0.1) is 26.4 Å². The number of benzene rings is 1. The number of phenols is 1. The molecule has 28 heavy (non-hydrogen) atoms. The molecule has 0 saturated carbocycles. The summed E-state index contributed by atoms with van der Waals surface area (Å²) < 4.78 is 23.1. The minimum Gasteiger partial charge on any atom is -0.503 e. The summed E-state index contributed by atoms with van der Waals surface area (Å²) in [5, 5.41) is 20.3. The Hall–Kier alpha value is -2.31. The first-order chi connectivity index (χ1) is 13.5. The van der Waals surface area contributed by atoms with Gasteiger partial charge >= 0.3 is 5.97 Å². The van der Waals surface area contributed by atoms with Gasteiger partial charge in [-0.05, 0) is 26.2 Å². The first-order valence-corrected chi connectivity index (χ1v) is 10.2. The van der Waals surface area contributed by atoms with Crippen LogP contribution in [-0.4, -0.2) is 42.6 Å². The van der Waals surface area contributed by atoms with Crippen molar-refractivity contribution in [2.75, 3.05) is 26.4 Å². The van der Waals surface area contributed by atoms with Crippen LogP contribution in [0, 0.1) is 0 Å². The molecule has 0 aromatic heterocycles. The molecule has 0 bridgehead atoms. The van der Waals surface area contributed by atoms with Crippen molar-refractivity contribution in [2.45, 2.75) is 66.2 Å². The molecule has 0 spiro atoms. The molecular formula is C21H34O7. The molecule has 0 atom stereocenters. The molecule has 0 aliphatic rings. The highest BCUT2D eigenvalue weighted by molar-refractivity contribution is 5.97. The second-order valence-electron chi connectivity index (χ2n) is 6.38. The summed E-state index contributed by atoms with van der Waals surface area (Å²) >= 11 is 0. The van der Waals surface area contributed by atoms with E-state index in [1.54, 1.807) is 6.92 Å². The number of unbranched alkanes of at least 4 members (excludes halogenated alkanes) is 3. The van der Waals surface area contributed by atoms with Gasteiger partial charge in [0, 0.05) is 0 Å². The van der Waals surface area contributed by atoms with Crippen molar-refractivity contribution in [3.05, 3.63) is 5.56 Å². The van der Waals surface area contributed by atoms with Crippen LogP contribution in [0.2, 0.25) is 0 Å². The van der Waals surface area contributed by atoms with Crippen LogP contribution in [0.1, 0.15) is 76.6 Å². The highest BCUT2D eigenvalue weighted by Gasteiger charge is 2.32. The van der Waals surface area contributed by atoms with Crippen LogP contribution < -0.4 is 18.9 Å². The maximum absolute atomic E-state index is 11.9. The quantitative estimate of drug-likeness (QED) is 0.400. The summed E-state index contributed by atoms with van der Waals surface area (Å²) in [5.41, 5.74) is -0.367. The lowest BCUT2D eigenvalue weighted by Crippen LogP contribution is -2.12. The standard InChI is InChI=1S/C21H34O7/c1-5-9-12-26-17-15(21(23)24)16(22)18(25-8-4)20(28-14-11-7-3)19(17)27-13-10-6-2/h22H,5-14H2,1-4H3,(H,23,24). The van der Waals surface area contributed by atoms with E-state index < -0.39 is 11.7 Å². The van der Waals surface area contributed by atoms with E-state index in [-0.39, 0.29) is 35.2 Å². The predicted octanol–water partition coefficient (Wildman–Crippen LogP) is 5.03. The first kappa shape index (κ1) is 23.7. The fraction of sp³-hybridized carbons (Fsp3) is 0.667. The molecule has 1 rings (SSSR count). The van der Waals surface area contributed by atoms with Crippen molar-refractivity contribution in [1.29, 1.82) is 0 Å². The Labute approximate surface area is 167 Å². The zero-order valence-electron chi connectivity index (χ0n) is 17.5. The van der Waals surface area contributed by atoms with Crippen LogP contribution in [0.5, 0.6) is 28.7 Å². The smallest absolute Gasteiger partial charge is 0.343 e. The van der Waals surface area contributed by atoms with E-state index in [9.17, 15) is 15.0 Å². The highest BCUT2D eigenvalue weighted by Crippen LogP contribution is 2.53. The molecule has 0 aliphatic carbocycles. The lowest BCUT2D eigenvalue weighted by Gasteiger charge is -2.22. The molecule has 2 N–H and O–H groups in total. The van der Waals surface area contributed by atoms with E-state index in [4.69, 9.17) is 18.9 Å². The third-order valence-electron chi connectivity index (χ3n) is 4.03. The largest absolute Gasteiger partial charge is 0.503 e. The molecule has 0 radical (unpaired) electrons. The highest BCUT2D eigenvalue weighted by atomic mass is 16.6. The van der Waals surface area contributed by atoms with Gasteiger partial charge in [-0.25, -0.2) is 4.79 Å².